The molecule has 1 aromatic heterocycles. The first-order valence-corrected chi connectivity index (χ1v) is 4.66. The Morgan fingerprint density at radius 3 is 2.41 bits per heavy atom. The molecule has 0 bridgehead atoms. The Kier molecular flexibility index (Phi) is 3.97. The highest BCUT2D eigenvalue weighted by molar-refractivity contribution is 6.17. The van der Waals surface area contributed by atoms with E-state index in [4.69, 9.17) is 17.3 Å². The zero-order valence-electron chi connectivity index (χ0n) is 8.06. The van der Waals surface area contributed by atoms with Crippen molar-refractivity contribution in [2.75, 3.05) is 5.73 Å². The number of hydrogen-bond acceptors (Lipinski definition) is 3. The number of hydrogen-bond donors (Lipinski definition) is 1. The normalized spacial score (nSPS) is 11.9. The van der Waals surface area contributed by atoms with Gasteiger partial charge in [-0.3, -0.25) is 0 Å². The van der Waals surface area contributed by atoms with Crippen LogP contribution in [0.5, 0.6) is 5.75 Å². The molecule has 0 aliphatic heterocycles. The third kappa shape index (κ3) is 3.32. The molecule has 1 aromatic rings. The van der Waals surface area contributed by atoms with Gasteiger partial charge >= 0.3 is 6.36 Å². The highest BCUT2D eigenvalue weighted by Crippen LogP contribution is 2.36. The molecule has 0 saturated heterocycles. The van der Waals surface area contributed by atoms with Crippen LogP contribution in [0.15, 0.2) is 6.20 Å². The summed E-state index contributed by atoms with van der Waals surface area (Å²) >= 11 is 5.32. The molecule has 0 unspecified atom stereocenters. The third-order valence-electron chi connectivity index (χ3n) is 1.78. The molecule has 0 amide bonds. The first kappa shape index (κ1) is 13.8. The molecule has 1 heterocycles. The van der Waals surface area contributed by atoms with E-state index in [-0.39, 0.29) is 0 Å². The summed E-state index contributed by atoms with van der Waals surface area (Å²) in [6.45, 7) is 0. The Hall–Kier alpha value is -1.31. The second kappa shape index (κ2) is 4.91. The van der Waals surface area contributed by atoms with Crippen LogP contribution in [0.1, 0.15) is 17.6 Å². The summed E-state index contributed by atoms with van der Waals surface area (Å²) in [6.07, 6.45) is -7.41. The van der Waals surface area contributed by atoms with E-state index in [1.54, 1.807) is 0 Å². The molecule has 9 heteroatoms. The summed E-state index contributed by atoms with van der Waals surface area (Å²) in [4.78, 5) is 3.21. The largest absolute Gasteiger partial charge is 0.573 e. The van der Waals surface area contributed by atoms with E-state index in [0.29, 0.717) is 6.20 Å². The van der Waals surface area contributed by atoms with Crippen molar-refractivity contribution in [3.63, 3.8) is 0 Å². The first-order valence-electron chi connectivity index (χ1n) is 4.13. The van der Waals surface area contributed by atoms with Crippen molar-refractivity contribution in [3.8, 4) is 5.75 Å². The highest BCUT2D eigenvalue weighted by Gasteiger charge is 2.34. The third-order valence-corrected chi connectivity index (χ3v) is 2.05. The zero-order valence-corrected chi connectivity index (χ0v) is 8.82. The Balaban J connectivity index is 3.30. The maximum Gasteiger partial charge on any atom is 0.573 e. The van der Waals surface area contributed by atoms with Gasteiger partial charge in [0.1, 0.15) is 0 Å². The molecule has 17 heavy (non-hydrogen) atoms. The van der Waals surface area contributed by atoms with Gasteiger partial charge in [0.15, 0.2) is 11.6 Å². The number of aromatic nitrogens is 1. The predicted octanol–water partition coefficient (Wildman–Crippen LogP) is 3.24. The van der Waals surface area contributed by atoms with Crippen molar-refractivity contribution in [1.29, 1.82) is 0 Å². The van der Waals surface area contributed by atoms with Gasteiger partial charge < -0.3 is 10.5 Å². The first-order chi connectivity index (χ1) is 7.76. The number of nitrogen functional groups attached to an aromatic ring is 1. The van der Waals surface area contributed by atoms with Crippen LogP contribution in [0.4, 0.5) is 27.8 Å². The van der Waals surface area contributed by atoms with Gasteiger partial charge in [0.25, 0.3) is 6.43 Å². The average Bonchev–Trinajstić information content (AvgIpc) is 2.18. The van der Waals surface area contributed by atoms with Crippen molar-refractivity contribution in [3.05, 3.63) is 17.3 Å². The van der Waals surface area contributed by atoms with Gasteiger partial charge in [-0.15, -0.1) is 24.8 Å². The Morgan fingerprint density at radius 1 is 1.41 bits per heavy atom. The van der Waals surface area contributed by atoms with Crippen LogP contribution in [0.3, 0.4) is 0 Å². The van der Waals surface area contributed by atoms with Crippen LogP contribution in [-0.2, 0) is 5.88 Å². The van der Waals surface area contributed by atoms with Crippen LogP contribution in [0.25, 0.3) is 0 Å². The van der Waals surface area contributed by atoms with Crippen molar-refractivity contribution in [1.82, 2.24) is 4.98 Å². The molecule has 1 rings (SSSR count). The second-order valence-corrected chi connectivity index (χ2v) is 3.16. The minimum atomic E-state index is -5.06. The maximum atomic E-state index is 12.5. The van der Waals surface area contributed by atoms with Crippen molar-refractivity contribution < 1.29 is 26.7 Å². The van der Waals surface area contributed by atoms with Crippen LogP contribution in [0, 0.1) is 0 Å². The summed E-state index contributed by atoms with van der Waals surface area (Å²) in [5, 5.41) is 0. The quantitative estimate of drug-likeness (QED) is 0.681. The molecule has 0 aliphatic rings. The van der Waals surface area contributed by atoms with Gasteiger partial charge in [-0.1, -0.05) is 0 Å². The average molecular weight is 277 g/mol. The molecule has 0 spiro atoms. The molecule has 0 radical (unpaired) electrons. The number of anilines is 1. The van der Waals surface area contributed by atoms with Gasteiger partial charge in [-0.25, -0.2) is 13.8 Å². The molecule has 0 atom stereocenters. The highest BCUT2D eigenvalue weighted by atomic mass is 35.5. The Bertz CT molecular complexity index is 410. The summed E-state index contributed by atoms with van der Waals surface area (Å²) in [5.41, 5.74) is 3.87. The standard InChI is InChI=1S/C8H6ClF5N2O/c9-1-3-4(6(10)11)2-16-7(15)5(3)17-8(12,13)14/h2,6H,1H2,(H2,15,16). The number of nitrogens with zero attached hydrogens (tertiary/aromatic N) is 1. The van der Waals surface area contributed by atoms with Crippen LogP contribution in [0.2, 0.25) is 0 Å². The fourth-order valence-electron chi connectivity index (χ4n) is 1.12. The van der Waals surface area contributed by atoms with Gasteiger partial charge in [-0.2, -0.15) is 0 Å². The molecular formula is C8H6ClF5N2O. The zero-order chi connectivity index (χ0) is 13.2. The number of alkyl halides is 6. The van der Waals surface area contributed by atoms with Crippen LogP contribution >= 0.6 is 11.6 Å². The van der Waals surface area contributed by atoms with Crippen molar-refractivity contribution in [2.24, 2.45) is 0 Å². The van der Waals surface area contributed by atoms with E-state index >= 15 is 0 Å². The van der Waals surface area contributed by atoms with Gasteiger partial charge in [-0.05, 0) is 0 Å². The summed E-state index contributed by atoms with van der Waals surface area (Å²) in [7, 11) is 0. The van der Waals surface area contributed by atoms with Gasteiger partial charge in [0.2, 0.25) is 0 Å². The lowest BCUT2D eigenvalue weighted by Gasteiger charge is -2.16. The molecule has 0 aromatic carbocycles. The summed E-state index contributed by atoms with van der Waals surface area (Å²) in [5.74, 6) is -2.23. The second-order valence-electron chi connectivity index (χ2n) is 2.89. The SMILES string of the molecule is Nc1ncc(C(F)F)c(CCl)c1OC(F)(F)F. The number of halogens is 6. The molecule has 3 nitrogen and oxygen atoms in total. The lowest BCUT2D eigenvalue weighted by Crippen LogP contribution is -2.20. The molecule has 0 fully saturated rings. The summed E-state index contributed by atoms with van der Waals surface area (Å²) in [6, 6.07) is 0. The smallest absolute Gasteiger partial charge is 0.401 e. The minimum Gasteiger partial charge on any atom is -0.401 e. The van der Waals surface area contributed by atoms with E-state index in [1.807, 2.05) is 0 Å². The van der Waals surface area contributed by atoms with Crippen molar-refractivity contribution in [2.45, 2.75) is 18.7 Å². The fraction of sp³-hybridized carbons (Fsp3) is 0.375. The van der Waals surface area contributed by atoms with E-state index in [0.717, 1.165) is 0 Å². The van der Waals surface area contributed by atoms with Crippen molar-refractivity contribution >= 4 is 17.4 Å². The Labute approximate surface area is 97.3 Å². The van der Waals surface area contributed by atoms with E-state index in [2.05, 4.69) is 9.72 Å². The van der Waals surface area contributed by atoms with Crippen LogP contribution in [-0.4, -0.2) is 11.3 Å². The monoisotopic (exact) mass is 276 g/mol. The lowest BCUT2D eigenvalue weighted by molar-refractivity contribution is -0.274. The number of nitrogens with two attached hydrogens (primary N) is 1. The molecule has 2 N–H and O–H groups in total. The lowest BCUT2D eigenvalue weighted by atomic mass is 10.1. The number of ether oxygens (including phenoxy) is 1. The van der Waals surface area contributed by atoms with E-state index < -0.39 is 41.4 Å². The summed E-state index contributed by atoms with van der Waals surface area (Å²) < 4.78 is 64.6. The van der Waals surface area contributed by atoms with Crippen LogP contribution < -0.4 is 10.5 Å². The molecule has 0 saturated carbocycles. The number of pyridine rings is 1. The van der Waals surface area contributed by atoms with Gasteiger partial charge in [0.05, 0.1) is 5.88 Å². The predicted molar refractivity (Wildman–Crippen MR) is 49.8 cm³/mol. The Morgan fingerprint density at radius 2 is 2.00 bits per heavy atom. The van der Waals surface area contributed by atoms with E-state index in [9.17, 15) is 22.0 Å². The molecule has 96 valence electrons. The maximum absolute atomic E-state index is 12.5. The molecular weight excluding hydrogens is 271 g/mol. The minimum absolute atomic E-state index is 0.522. The molecule has 0 aliphatic carbocycles. The topological polar surface area (TPSA) is 48.1 Å². The fourth-order valence-corrected chi connectivity index (χ4v) is 1.39. The van der Waals surface area contributed by atoms with Gasteiger partial charge in [0, 0.05) is 17.3 Å². The number of rotatable bonds is 3. The van der Waals surface area contributed by atoms with E-state index in [1.165, 1.54) is 0 Å².